The van der Waals surface area contributed by atoms with Gasteiger partial charge in [-0.1, -0.05) is 0 Å². The lowest BCUT2D eigenvalue weighted by molar-refractivity contribution is 0.0940. The first-order chi connectivity index (χ1) is 8.16. The summed E-state index contributed by atoms with van der Waals surface area (Å²) in [6.07, 6.45) is 2.54. The van der Waals surface area contributed by atoms with E-state index in [0.29, 0.717) is 30.3 Å². The Bertz CT molecular complexity index is 419. The van der Waals surface area contributed by atoms with Crippen LogP contribution in [0.5, 0.6) is 0 Å². The summed E-state index contributed by atoms with van der Waals surface area (Å²) in [6, 6.07) is 1.57. The molecule has 5 nitrogen and oxygen atoms in total. The van der Waals surface area contributed by atoms with Gasteiger partial charge < -0.3 is 15.0 Å². The van der Waals surface area contributed by atoms with Gasteiger partial charge in [0, 0.05) is 30.8 Å². The molecular weight excluding hydrogens is 220 g/mol. The van der Waals surface area contributed by atoms with E-state index in [0.717, 1.165) is 13.0 Å². The molecular formula is C12H16N2O3. The Morgan fingerprint density at radius 1 is 1.59 bits per heavy atom. The van der Waals surface area contributed by atoms with Gasteiger partial charge in [0.2, 0.25) is 0 Å². The highest BCUT2D eigenvalue weighted by molar-refractivity contribution is 5.99. The predicted octanol–water partition coefficient (Wildman–Crippen LogP) is 0.984. The molecule has 2 N–H and O–H groups in total. The van der Waals surface area contributed by atoms with Crippen molar-refractivity contribution in [3.63, 3.8) is 0 Å². The van der Waals surface area contributed by atoms with Crippen molar-refractivity contribution in [2.24, 2.45) is 5.92 Å². The average Bonchev–Trinajstić information content (AvgIpc) is 2.96. The lowest BCUT2D eigenvalue weighted by atomic mass is 10.1. The Morgan fingerprint density at radius 3 is 3.00 bits per heavy atom. The van der Waals surface area contributed by atoms with Gasteiger partial charge in [0.1, 0.15) is 5.69 Å². The van der Waals surface area contributed by atoms with Crippen LogP contribution in [0.2, 0.25) is 0 Å². The Morgan fingerprint density at radius 2 is 2.41 bits per heavy atom. The van der Waals surface area contributed by atoms with Crippen molar-refractivity contribution in [2.75, 3.05) is 19.8 Å². The molecule has 0 aliphatic carbocycles. The molecule has 0 aromatic carbocycles. The molecule has 1 atom stereocenters. The van der Waals surface area contributed by atoms with Gasteiger partial charge in [-0.3, -0.25) is 9.59 Å². The zero-order chi connectivity index (χ0) is 12.3. The monoisotopic (exact) mass is 236 g/mol. The highest BCUT2D eigenvalue weighted by Crippen LogP contribution is 2.11. The molecule has 1 amide bonds. The summed E-state index contributed by atoms with van der Waals surface area (Å²) in [4.78, 5) is 25.6. The normalized spacial score (nSPS) is 19.2. The number of ketones is 1. The fourth-order valence-electron chi connectivity index (χ4n) is 1.81. The molecule has 0 radical (unpaired) electrons. The van der Waals surface area contributed by atoms with Gasteiger partial charge >= 0.3 is 0 Å². The van der Waals surface area contributed by atoms with Gasteiger partial charge in [0.05, 0.1) is 6.61 Å². The minimum absolute atomic E-state index is 0.0514. The summed E-state index contributed by atoms with van der Waals surface area (Å²) in [5.41, 5.74) is 0.952. The molecule has 1 saturated heterocycles. The second kappa shape index (κ2) is 5.14. The molecule has 1 aromatic rings. The smallest absolute Gasteiger partial charge is 0.267 e. The number of carbonyl (C=O) groups excluding carboxylic acids is 2. The molecule has 0 spiro atoms. The molecule has 1 aromatic heterocycles. The largest absolute Gasteiger partial charge is 0.381 e. The van der Waals surface area contributed by atoms with E-state index in [-0.39, 0.29) is 11.7 Å². The van der Waals surface area contributed by atoms with Crippen molar-refractivity contribution in [2.45, 2.75) is 13.3 Å². The average molecular weight is 236 g/mol. The summed E-state index contributed by atoms with van der Waals surface area (Å²) in [5.74, 6) is 0.176. The second-order valence-corrected chi connectivity index (χ2v) is 4.30. The number of hydrogen-bond acceptors (Lipinski definition) is 3. The molecule has 0 bridgehead atoms. The van der Waals surface area contributed by atoms with Gasteiger partial charge in [0.25, 0.3) is 5.91 Å². The van der Waals surface area contributed by atoms with Crippen LogP contribution < -0.4 is 5.32 Å². The van der Waals surface area contributed by atoms with Gasteiger partial charge in [-0.2, -0.15) is 0 Å². The van der Waals surface area contributed by atoms with E-state index in [1.165, 1.54) is 6.92 Å². The van der Waals surface area contributed by atoms with E-state index < -0.39 is 0 Å². The van der Waals surface area contributed by atoms with Crippen LogP contribution in [0, 0.1) is 5.92 Å². The van der Waals surface area contributed by atoms with E-state index in [2.05, 4.69) is 10.3 Å². The maximum absolute atomic E-state index is 11.7. The maximum Gasteiger partial charge on any atom is 0.267 e. The van der Waals surface area contributed by atoms with Gasteiger partial charge in [-0.15, -0.1) is 0 Å². The first kappa shape index (κ1) is 11.9. The zero-order valence-corrected chi connectivity index (χ0v) is 9.79. The first-order valence-corrected chi connectivity index (χ1v) is 5.72. The quantitative estimate of drug-likeness (QED) is 0.766. The van der Waals surface area contributed by atoms with Crippen LogP contribution in [-0.2, 0) is 4.74 Å². The van der Waals surface area contributed by atoms with Gasteiger partial charge in [-0.05, 0) is 19.4 Å². The molecule has 2 rings (SSSR count). The van der Waals surface area contributed by atoms with Crippen molar-refractivity contribution in [3.05, 3.63) is 23.5 Å². The summed E-state index contributed by atoms with van der Waals surface area (Å²) in [7, 11) is 0. The topological polar surface area (TPSA) is 71.2 Å². The third-order valence-corrected chi connectivity index (χ3v) is 2.91. The van der Waals surface area contributed by atoms with Crippen molar-refractivity contribution in [1.29, 1.82) is 0 Å². The molecule has 1 aliphatic rings. The van der Waals surface area contributed by atoms with Crippen LogP contribution in [0.4, 0.5) is 0 Å². The highest BCUT2D eigenvalue weighted by atomic mass is 16.5. The van der Waals surface area contributed by atoms with E-state index in [9.17, 15) is 9.59 Å². The minimum atomic E-state index is -0.176. The molecule has 1 unspecified atom stereocenters. The highest BCUT2D eigenvalue weighted by Gasteiger charge is 2.17. The predicted molar refractivity (Wildman–Crippen MR) is 62.1 cm³/mol. The van der Waals surface area contributed by atoms with Gasteiger partial charge in [-0.25, -0.2) is 0 Å². The summed E-state index contributed by atoms with van der Waals surface area (Å²) in [5, 5.41) is 2.83. The number of carbonyl (C=O) groups is 2. The van der Waals surface area contributed by atoms with Crippen LogP contribution in [0.3, 0.4) is 0 Å². The number of amides is 1. The zero-order valence-electron chi connectivity index (χ0n) is 9.79. The number of nitrogens with one attached hydrogen (secondary N) is 2. The third kappa shape index (κ3) is 2.94. The summed E-state index contributed by atoms with van der Waals surface area (Å²) < 4.78 is 5.23. The van der Waals surface area contributed by atoms with Gasteiger partial charge in [0.15, 0.2) is 5.78 Å². The summed E-state index contributed by atoms with van der Waals surface area (Å²) >= 11 is 0. The lowest BCUT2D eigenvalue weighted by Gasteiger charge is -2.08. The number of ether oxygens (including phenoxy) is 1. The molecule has 17 heavy (non-hydrogen) atoms. The Kier molecular flexibility index (Phi) is 3.58. The van der Waals surface area contributed by atoms with E-state index in [1.54, 1.807) is 12.3 Å². The first-order valence-electron chi connectivity index (χ1n) is 5.72. The van der Waals surface area contributed by atoms with Crippen molar-refractivity contribution in [3.8, 4) is 0 Å². The van der Waals surface area contributed by atoms with Crippen molar-refractivity contribution < 1.29 is 14.3 Å². The molecule has 5 heteroatoms. The van der Waals surface area contributed by atoms with E-state index in [4.69, 9.17) is 4.74 Å². The van der Waals surface area contributed by atoms with E-state index in [1.807, 2.05) is 0 Å². The van der Waals surface area contributed by atoms with Crippen LogP contribution in [-0.4, -0.2) is 36.4 Å². The SMILES string of the molecule is CC(=O)c1c[nH]c(C(=O)NCC2CCOC2)c1. The number of aromatic amines is 1. The van der Waals surface area contributed by atoms with Crippen molar-refractivity contribution >= 4 is 11.7 Å². The van der Waals surface area contributed by atoms with Crippen LogP contribution in [0.15, 0.2) is 12.3 Å². The maximum atomic E-state index is 11.7. The number of aromatic nitrogens is 1. The standard InChI is InChI=1S/C12H16N2O3/c1-8(15)10-4-11(13-6-10)12(16)14-5-9-2-3-17-7-9/h4,6,9,13H,2-3,5,7H2,1H3,(H,14,16). The van der Waals surface area contributed by atoms with Crippen LogP contribution in [0.25, 0.3) is 0 Å². The number of rotatable bonds is 4. The Hall–Kier alpha value is -1.62. The summed E-state index contributed by atoms with van der Waals surface area (Å²) in [6.45, 7) is 3.58. The molecule has 2 heterocycles. The lowest BCUT2D eigenvalue weighted by Crippen LogP contribution is -2.29. The minimum Gasteiger partial charge on any atom is -0.381 e. The molecule has 0 saturated carbocycles. The molecule has 1 aliphatic heterocycles. The second-order valence-electron chi connectivity index (χ2n) is 4.30. The fraction of sp³-hybridized carbons (Fsp3) is 0.500. The van der Waals surface area contributed by atoms with E-state index >= 15 is 0 Å². The number of H-pyrrole nitrogens is 1. The third-order valence-electron chi connectivity index (χ3n) is 2.91. The number of Topliss-reactive ketones (excluding diaryl/α,β-unsaturated/α-hetero) is 1. The van der Waals surface area contributed by atoms with Crippen LogP contribution >= 0.6 is 0 Å². The van der Waals surface area contributed by atoms with Crippen molar-refractivity contribution in [1.82, 2.24) is 10.3 Å². The number of hydrogen-bond donors (Lipinski definition) is 2. The Labute approximate surface area is 99.5 Å². The molecule has 1 fully saturated rings. The molecule has 92 valence electrons. The van der Waals surface area contributed by atoms with Crippen LogP contribution in [0.1, 0.15) is 34.2 Å². The Balaban J connectivity index is 1.87. The fourth-order valence-corrected chi connectivity index (χ4v) is 1.81.